The maximum Gasteiger partial charge on any atom is 0.267 e. The summed E-state index contributed by atoms with van der Waals surface area (Å²) in [6.07, 6.45) is 8.64. The topological polar surface area (TPSA) is 73.2 Å². The number of carbonyl (C=O) groups is 1. The van der Waals surface area contributed by atoms with Crippen LogP contribution in [-0.2, 0) is 17.6 Å². The second kappa shape index (κ2) is 9.27. The molecule has 8 heteroatoms. The molecule has 0 bridgehead atoms. The number of fused-ring (bicyclic) bond motifs is 3. The van der Waals surface area contributed by atoms with Crippen LogP contribution >= 0.6 is 23.1 Å². The Morgan fingerprint density at radius 1 is 1.22 bits per heavy atom. The van der Waals surface area contributed by atoms with Crippen molar-refractivity contribution in [2.45, 2.75) is 62.6 Å². The summed E-state index contributed by atoms with van der Waals surface area (Å²) in [7, 11) is 1.60. The van der Waals surface area contributed by atoms with Gasteiger partial charge in [0.2, 0.25) is 5.91 Å². The predicted molar refractivity (Wildman–Crippen MR) is 130 cm³/mol. The third-order valence-corrected chi connectivity index (χ3v) is 8.46. The predicted octanol–water partition coefficient (Wildman–Crippen LogP) is 4.49. The van der Waals surface area contributed by atoms with Crippen LogP contribution in [0.4, 0.5) is 0 Å². The van der Waals surface area contributed by atoms with E-state index in [1.807, 2.05) is 24.3 Å². The van der Waals surface area contributed by atoms with E-state index in [2.05, 4.69) is 5.32 Å². The van der Waals surface area contributed by atoms with Crippen LogP contribution in [0.5, 0.6) is 5.75 Å². The number of ether oxygens (including phenoxy) is 1. The van der Waals surface area contributed by atoms with Crippen LogP contribution in [0, 0.1) is 0 Å². The average Bonchev–Trinajstić information content (AvgIpc) is 3.45. The Bertz CT molecular complexity index is 1210. The number of nitrogens with one attached hydrogen (secondary N) is 1. The molecule has 1 saturated carbocycles. The van der Waals surface area contributed by atoms with Crippen LogP contribution in [0.25, 0.3) is 15.9 Å². The van der Waals surface area contributed by atoms with Gasteiger partial charge in [-0.3, -0.25) is 14.2 Å². The normalized spacial score (nSPS) is 16.3. The minimum absolute atomic E-state index is 0.00621. The number of aryl methyl sites for hydroxylation is 2. The van der Waals surface area contributed by atoms with E-state index in [0.717, 1.165) is 54.3 Å². The zero-order chi connectivity index (χ0) is 22.1. The highest BCUT2D eigenvalue weighted by Gasteiger charge is 2.24. The Morgan fingerprint density at radius 2 is 2.00 bits per heavy atom. The number of hydrogen-bond acceptors (Lipinski definition) is 6. The number of nitrogens with zero attached hydrogens (tertiary/aromatic N) is 2. The molecule has 1 N–H and O–H groups in total. The van der Waals surface area contributed by atoms with Crippen molar-refractivity contribution < 1.29 is 9.53 Å². The first kappa shape index (κ1) is 21.5. The Balaban J connectivity index is 1.57. The number of amides is 1. The van der Waals surface area contributed by atoms with Crippen molar-refractivity contribution in [3.05, 3.63) is 45.1 Å². The molecule has 1 fully saturated rings. The van der Waals surface area contributed by atoms with Crippen molar-refractivity contribution >= 4 is 39.2 Å². The van der Waals surface area contributed by atoms with E-state index in [1.54, 1.807) is 23.0 Å². The fraction of sp³-hybridized carbons (Fsp3) is 0.458. The number of benzene rings is 1. The molecule has 2 aromatic heterocycles. The van der Waals surface area contributed by atoms with E-state index in [4.69, 9.17) is 9.72 Å². The first-order valence-electron chi connectivity index (χ1n) is 11.3. The standard InChI is InChI=1S/C24H27N3O3S2/c1-30-18-12-6-5-11-17(18)27-23(29)21-16-10-4-7-13-19(16)32-22(21)26-24(27)31-14-20(28)25-15-8-2-3-9-15/h5-6,11-12,15H,2-4,7-10,13-14H2,1H3,(H,25,28). The van der Waals surface area contributed by atoms with E-state index in [-0.39, 0.29) is 23.3 Å². The molecule has 0 radical (unpaired) electrons. The van der Waals surface area contributed by atoms with Gasteiger partial charge >= 0.3 is 0 Å². The molecular weight excluding hydrogens is 442 g/mol. The lowest BCUT2D eigenvalue weighted by molar-refractivity contribution is -0.119. The number of rotatable bonds is 6. The van der Waals surface area contributed by atoms with Crippen LogP contribution < -0.4 is 15.6 Å². The molecule has 168 valence electrons. The Labute approximate surface area is 195 Å². The molecule has 2 aliphatic carbocycles. The van der Waals surface area contributed by atoms with Gasteiger partial charge in [-0.1, -0.05) is 36.7 Å². The van der Waals surface area contributed by atoms with Crippen molar-refractivity contribution in [2.24, 2.45) is 0 Å². The highest BCUT2D eigenvalue weighted by molar-refractivity contribution is 7.99. The number of methoxy groups -OCH3 is 1. The van der Waals surface area contributed by atoms with Crippen molar-refractivity contribution in [3.8, 4) is 11.4 Å². The second-order valence-electron chi connectivity index (χ2n) is 8.44. The van der Waals surface area contributed by atoms with Crippen LogP contribution in [0.1, 0.15) is 49.0 Å². The van der Waals surface area contributed by atoms with Gasteiger partial charge in [-0.05, 0) is 56.2 Å². The van der Waals surface area contributed by atoms with Gasteiger partial charge in [0, 0.05) is 10.9 Å². The summed E-state index contributed by atoms with van der Waals surface area (Å²) < 4.78 is 7.19. The molecule has 2 heterocycles. The molecule has 0 aliphatic heterocycles. The van der Waals surface area contributed by atoms with Gasteiger partial charge in [-0.25, -0.2) is 4.98 Å². The lowest BCUT2D eigenvalue weighted by Crippen LogP contribution is -2.34. The molecule has 1 amide bonds. The highest BCUT2D eigenvalue weighted by atomic mass is 32.2. The van der Waals surface area contributed by atoms with Crippen molar-refractivity contribution in [3.63, 3.8) is 0 Å². The molecule has 2 aliphatic rings. The molecule has 0 spiro atoms. The number of aromatic nitrogens is 2. The third-order valence-electron chi connectivity index (χ3n) is 6.34. The van der Waals surface area contributed by atoms with E-state index < -0.39 is 0 Å². The van der Waals surface area contributed by atoms with E-state index >= 15 is 0 Å². The summed E-state index contributed by atoms with van der Waals surface area (Å²) in [6.45, 7) is 0. The molecule has 32 heavy (non-hydrogen) atoms. The Hall–Kier alpha value is -2.32. The quantitative estimate of drug-likeness (QED) is 0.426. The molecule has 0 saturated heterocycles. The van der Waals surface area contributed by atoms with Gasteiger partial charge < -0.3 is 10.1 Å². The summed E-state index contributed by atoms with van der Waals surface area (Å²) in [4.78, 5) is 33.4. The Morgan fingerprint density at radius 3 is 2.81 bits per heavy atom. The fourth-order valence-electron chi connectivity index (χ4n) is 4.78. The lowest BCUT2D eigenvalue weighted by atomic mass is 9.97. The van der Waals surface area contributed by atoms with Crippen molar-refractivity contribution in [2.75, 3.05) is 12.9 Å². The van der Waals surface area contributed by atoms with Crippen LogP contribution in [0.3, 0.4) is 0 Å². The van der Waals surface area contributed by atoms with Crippen LogP contribution in [0.2, 0.25) is 0 Å². The molecule has 1 aromatic carbocycles. The molecule has 6 nitrogen and oxygen atoms in total. The zero-order valence-corrected chi connectivity index (χ0v) is 19.8. The summed E-state index contributed by atoms with van der Waals surface area (Å²) in [5, 5.41) is 4.39. The summed E-state index contributed by atoms with van der Waals surface area (Å²) >= 11 is 2.95. The minimum Gasteiger partial charge on any atom is -0.495 e. The van der Waals surface area contributed by atoms with Gasteiger partial charge in [0.15, 0.2) is 5.16 Å². The van der Waals surface area contributed by atoms with Gasteiger partial charge in [-0.15, -0.1) is 11.3 Å². The van der Waals surface area contributed by atoms with Gasteiger partial charge in [0.05, 0.1) is 23.9 Å². The SMILES string of the molecule is COc1ccccc1-n1c(SCC(=O)NC2CCCC2)nc2sc3c(c2c1=O)CCCC3. The maximum atomic E-state index is 13.8. The van der Waals surface area contributed by atoms with Crippen molar-refractivity contribution in [1.82, 2.24) is 14.9 Å². The molecule has 5 rings (SSSR count). The summed E-state index contributed by atoms with van der Waals surface area (Å²) in [5.41, 5.74) is 1.74. The van der Waals surface area contributed by atoms with Crippen LogP contribution in [0.15, 0.2) is 34.2 Å². The first-order chi connectivity index (χ1) is 15.7. The minimum atomic E-state index is -0.0717. The number of thiophene rings is 1. The van der Waals surface area contributed by atoms with Gasteiger partial charge in [0.25, 0.3) is 5.56 Å². The molecule has 0 atom stereocenters. The first-order valence-corrected chi connectivity index (χ1v) is 13.1. The number of hydrogen-bond donors (Lipinski definition) is 1. The number of thioether (sulfide) groups is 1. The second-order valence-corrected chi connectivity index (χ2v) is 10.5. The molecule has 3 aromatic rings. The molecular formula is C24H27N3O3S2. The maximum absolute atomic E-state index is 13.8. The third kappa shape index (κ3) is 4.06. The largest absolute Gasteiger partial charge is 0.495 e. The van der Waals surface area contributed by atoms with Gasteiger partial charge in [-0.2, -0.15) is 0 Å². The highest BCUT2D eigenvalue weighted by Crippen LogP contribution is 2.36. The van der Waals surface area contributed by atoms with E-state index in [0.29, 0.717) is 16.6 Å². The number of para-hydroxylation sites is 2. The van der Waals surface area contributed by atoms with E-state index in [9.17, 15) is 9.59 Å². The van der Waals surface area contributed by atoms with Crippen molar-refractivity contribution in [1.29, 1.82) is 0 Å². The smallest absolute Gasteiger partial charge is 0.267 e. The average molecular weight is 470 g/mol. The van der Waals surface area contributed by atoms with Crippen LogP contribution in [-0.4, -0.2) is 34.4 Å². The number of carbonyl (C=O) groups excluding carboxylic acids is 1. The lowest BCUT2D eigenvalue weighted by Gasteiger charge is -2.16. The summed E-state index contributed by atoms with van der Waals surface area (Å²) in [6, 6.07) is 7.76. The zero-order valence-electron chi connectivity index (χ0n) is 18.2. The monoisotopic (exact) mass is 469 g/mol. The fourth-order valence-corrected chi connectivity index (χ4v) is 6.90. The van der Waals surface area contributed by atoms with Gasteiger partial charge in [0.1, 0.15) is 10.6 Å². The summed E-state index contributed by atoms with van der Waals surface area (Å²) in [5.74, 6) is 0.833. The van der Waals surface area contributed by atoms with E-state index in [1.165, 1.54) is 29.5 Å². The Kier molecular flexibility index (Phi) is 6.24. The molecule has 0 unspecified atom stereocenters.